The zero-order valence-electron chi connectivity index (χ0n) is 19.4. The van der Waals surface area contributed by atoms with Gasteiger partial charge in [-0.25, -0.2) is 9.78 Å². The topological polar surface area (TPSA) is 79.5 Å². The van der Waals surface area contributed by atoms with Crippen LogP contribution in [0.15, 0.2) is 47.8 Å². The normalized spacial score (nSPS) is 11.2. The predicted molar refractivity (Wildman–Crippen MR) is 130 cm³/mol. The van der Waals surface area contributed by atoms with Gasteiger partial charge in [-0.3, -0.25) is 9.38 Å². The van der Waals surface area contributed by atoms with Crippen molar-refractivity contribution in [3.8, 4) is 11.3 Å². The fourth-order valence-corrected chi connectivity index (χ4v) is 4.00. The summed E-state index contributed by atoms with van der Waals surface area (Å²) in [4.78, 5) is 19.3. The molecule has 1 aromatic carbocycles. The van der Waals surface area contributed by atoms with Crippen LogP contribution in [0.4, 0.5) is 19.0 Å². The van der Waals surface area contributed by atoms with Gasteiger partial charge in [-0.2, -0.15) is 13.2 Å². The van der Waals surface area contributed by atoms with Gasteiger partial charge in [0.2, 0.25) is 0 Å². The van der Waals surface area contributed by atoms with Gasteiger partial charge in [0, 0.05) is 29.4 Å². The van der Waals surface area contributed by atoms with E-state index in [0.717, 1.165) is 35.7 Å². The third-order valence-electron chi connectivity index (χ3n) is 4.89. The Kier molecular flexibility index (Phi) is 11.2. The molecule has 6 nitrogen and oxygen atoms in total. The molecule has 0 unspecified atom stereocenters. The van der Waals surface area contributed by atoms with E-state index in [9.17, 15) is 13.2 Å². The van der Waals surface area contributed by atoms with Gasteiger partial charge in [-0.05, 0) is 30.7 Å². The minimum Gasteiger partial charge on any atom is -0.475 e. The Morgan fingerprint density at radius 1 is 1.09 bits per heavy atom. The lowest BCUT2D eigenvalue weighted by atomic mass is 10.1. The average molecular weight is 497 g/mol. The van der Waals surface area contributed by atoms with Gasteiger partial charge >= 0.3 is 12.1 Å². The number of hydrogen-bond acceptors (Lipinski definition) is 5. The highest BCUT2D eigenvalue weighted by Gasteiger charge is 2.38. The summed E-state index contributed by atoms with van der Waals surface area (Å²) in [5.74, 6) is -0.503. The number of nitrogens with one attached hydrogen (secondary N) is 1. The molecule has 0 spiro atoms. The summed E-state index contributed by atoms with van der Waals surface area (Å²) in [5, 5.41) is 10.7. The molecule has 2 aromatic heterocycles. The molecule has 0 fully saturated rings. The van der Waals surface area contributed by atoms with E-state index in [1.165, 1.54) is 42.8 Å². The number of unbranched alkanes of at least 4 members (excludes halogenated alkanes) is 4. The number of carboxylic acid groups (broad SMARTS) is 1. The Morgan fingerprint density at radius 3 is 2.38 bits per heavy atom. The van der Waals surface area contributed by atoms with E-state index in [-0.39, 0.29) is 0 Å². The number of anilines is 1. The maximum Gasteiger partial charge on any atom is 0.490 e. The Morgan fingerprint density at radius 2 is 1.76 bits per heavy atom. The molecule has 10 heteroatoms. The molecule has 0 aliphatic carbocycles. The standard InChI is InChI=1S/C22H30N4S.C2HF3O2/c1-3-5-7-8-16-27-19-11-9-18(10-12-19)21-22(24-13-6-4-2)26-15-14-23-17-20(26)25-21;3-2(4,5)1(6)7/h9-12,14-15,17,24H,3-8,13,16H2,1-2H3;(H,6,7). The van der Waals surface area contributed by atoms with Gasteiger partial charge < -0.3 is 10.4 Å². The summed E-state index contributed by atoms with van der Waals surface area (Å²) in [6.45, 7) is 5.41. The molecule has 3 aromatic rings. The number of carbonyl (C=O) groups is 1. The van der Waals surface area contributed by atoms with Crippen molar-refractivity contribution in [3.05, 3.63) is 42.9 Å². The summed E-state index contributed by atoms with van der Waals surface area (Å²) in [6, 6.07) is 8.82. The third kappa shape index (κ3) is 8.55. The molecular formula is C24H31F3N4O2S. The number of halogens is 3. The number of alkyl halides is 3. The van der Waals surface area contributed by atoms with Crippen LogP contribution in [-0.2, 0) is 4.79 Å². The van der Waals surface area contributed by atoms with Crippen molar-refractivity contribution in [1.82, 2.24) is 14.4 Å². The number of nitrogens with zero attached hydrogens (tertiary/aromatic N) is 3. The molecular weight excluding hydrogens is 465 g/mol. The number of fused-ring (bicyclic) bond motifs is 1. The van der Waals surface area contributed by atoms with Crippen molar-refractivity contribution in [2.75, 3.05) is 17.6 Å². The summed E-state index contributed by atoms with van der Waals surface area (Å²) in [7, 11) is 0. The number of benzene rings is 1. The zero-order chi connectivity index (χ0) is 25.0. The first kappa shape index (κ1) is 27.5. The molecule has 0 aliphatic heterocycles. The molecule has 0 saturated carbocycles. The maximum atomic E-state index is 10.6. The van der Waals surface area contributed by atoms with Gasteiger partial charge in [-0.1, -0.05) is 51.7 Å². The number of aliphatic carboxylic acids is 1. The Bertz CT molecular complexity index is 1020. The van der Waals surface area contributed by atoms with E-state index in [1.54, 1.807) is 0 Å². The maximum absolute atomic E-state index is 10.6. The Labute approximate surface area is 202 Å². The molecule has 0 bridgehead atoms. The third-order valence-corrected chi connectivity index (χ3v) is 5.99. The highest BCUT2D eigenvalue weighted by molar-refractivity contribution is 7.99. The van der Waals surface area contributed by atoms with Crippen LogP contribution in [-0.4, -0.2) is 43.9 Å². The lowest BCUT2D eigenvalue weighted by Gasteiger charge is -2.09. The summed E-state index contributed by atoms with van der Waals surface area (Å²) < 4.78 is 33.8. The van der Waals surface area contributed by atoms with Gasteiger partial charge in [0.1, 0.15) is 11.5 Å². The van der Waals surface area contributed by atoms with Gasteiger partial charge in [-0.15, -0.1) is 11.8 Å². The SMILES string of the molecule is CCCCCCSc1ccc(-c2nc3cnccn3c2NCCCC)cc1.O=C(O)C(F)(F)F. The molecule has 0 saturated heterocycles. The Balaban J connectivity index is 0.000000509. The van der Waals surface area contributed by atoms with Crippen LogP contribution in [0.3, 0.4) is 0 Å². The fraction of sp³-hybridized carbons (Fsp3) is 0.458. The molecule has 34 heavy (non-hydrogen) atoms. The predicted octanol–water partition coefficient (Wildman–Crippen LogP) is 6.91. The van der Waals surface area contributed by atoms with Crippen molar-refractivity contribution < 1.29 is 23.1 Å². The van der Waals surface area contributed by atoms with Crippen LogP contribution < -0.4 is 5.32 Å². The first-order valence-electron chi connectivity index (χ1n) is 11.4. The van der Waals surface area contributed by atoms with E-state index in [4.69, 9.17) is 14.9 Å². The van der Waals surface area contributed by atoms with Crippen molar-refractivity contribution >= 4 is 29.2 Å². The first-order valence-corrected chi connectivity index (χ1v) is 12.4. The monoisotopic (exact) mass is 496 g/mol. The summed E-state index contributed by atoms with van der Waals surface area (Å²) >= 11 is 1.95. The van der Waals surface area contributed by atoms with Crippen molar-refractivity contribution in [2.45, 2.75) is 63.4 Å². The highest BCUT2D eigenvalue weighted by Crippen LogP contribution is 2.30. The number of imidazole rings is 1. The quantitative estimate of drug-likeness (QED) is 0.222. The lowest BCUT2D eigenvalue weighted by Crippen LogP contribution is -2.21. The number of carboxylic acids is 1. The second kappa shape index (κ2) is 13.8. The van der Waals surface area contributed by atoms with Gasteiger partial charge in [0.15, 0.2) is 5.65 Å². The minimum atomic E-state index is -5.08. The van der Waals surface area contributed by atoms with E-state index < -0.39 is 12.1 Å². The van der Waals surface area contributed by atoms with E-state index >= 15 is 0 Å². The second-order valence-corrected chi connectivity index (χ2v) is 8.80. The largest absolute Gasteiger partial charge is 0.490 e. The van der Waals surface area contributed by atoms with E-state index in [1.807, 2.05) is 30.4 Å². The van der Waals surface area contributed by atoms with E-state index in [2.05, 4.69) is 52.8 Å². The molecule has 0 atom stereocenters. The molecule has 0 radical (unpaired) electrons. The van der Waals surface area contributed by atoms with Crippen molar-refractivity contribution in [3.63, 3.8) is 0 Å². The van der Waals surface area contributed by atoms with Crippen molar-refractivity contribution in [1.29, 1.82) is 0 Å². The molecule has 0 aliphatic rings. The van der Waals surface area contributed by atoms with Crippen molar-refractivity contribution in [2.24, 2.45) is 0 Å². The first-order chi connectivity index (χ1) is 16.3. The van der Waals surface area contributed by atoms with Crippen LogP contribution in [0, 0.1) is 0 Å². The number of aromatic nitrogens is 3. The smallest absolute Gasteiger partial charge is 0.475 e. The zero-order valence-corrected chi connectivity index (χ0v) is 20.3. The number of thioether (sulfide) groups is 1. The summed E-state index contributed by atoms with van der Waals surface area (Å²) in [6.07, 6.45) is 8.10. The lowest BCUT2D eigenvalue weighted by molar-refractivity contribution is -0.192. The van der Waals surface area contributed by atoms with Crippen LogP contribution in [0.1, 0.15) is 52.4 Å². The summed E-state index contributed by atoms with van der Waals surface area (Å²) in [5.41, 5.74) is 3.02. The minimum absolute atomic E-state index is 0.876. The van der Waals surface area contributed by atoms with Crippen LogP contribution in [0.2, 0.25) is 0 Å². The van der Waals surface area contributed by atoms with E-state index in [0.29, 0.717) is 0 Å². The van der Waals surface area contributed by atoms with Crippen LogP contribution in [0.25, 0.3) is 16.9 Å². The Hall–Kier alpha value is -2.75. The second-order valence-electron chi connectivity index (χ2n) is 7.63. The number of hydrogen-bond donors (Lipinski definition) is 2. The van der Waals surface area contributed by atoms with Gasteiger partial charge in [0.05, 0.1) is 6.20 Å². The number of rotatable bonds is 11. The molecule has 2 N–H and O–H groups in total. The van der Waals surface area contributed by atoms with Crippen LogP contribution >= 0.6 is 11.8 Å². The fourth-order valence-electron chi connectivity index (χ4n) is 3.09. The molecule has 186 valence electrons. The van der Waals surface area contributed by atoms with Crippen LogP contribution in [0.5, 0.6) is 0 Å². The van der Waals surface area contributed by atoms with Gasteiger partial charge in [0.25, 0.3) is 0 Å². The molecule has 3 rings (SSSR count). The highest BCUT2D eigenvalue weighted by atomic mass is 32.2. The molecule has 0 amide bonds. The molecule has 2 heterocycles. The average Bonchev–Trinajstić information content (AvgIpc) is 3.18.